The lowest BCUT2D eigenvalue weighted by molar-refractivity contribution is 0.101. The monoisotopic (exact) mass is 235 g/mol. The predicted octanol–water partition coefficient (Wildman–Crippen LogP) is 3.09. The number of aryl methyl sites for hydroxylation is 1. The average molecular weight is 235 g/mol. The third-order valence-electron chi connectivity index (χ3n) is 1.67. The lowest BCUT2D eigenvalue weighted by Gasteiger charge is -2.01. The van der Waals surface area contributed by atoms with Crippen LogP contribution in [0.2, 0.25) is 0 Å². The van der Waals surface area contributed by atoms with Gasteiger partial charge in [-0.2, -0.15) is 0 Å². The van der Waals surface area contributed by atoms with Gasteiger partial charge in [-0.05, 0) is 26.0 Å². The first-order valence-corrected chi connectivity index (χ1v) is 5.39. The van der Waals surface area contributed by atoms with Crippen LogP contribution in [0.1, 0.15) is 36.7 Å². The minimum absolute atomic E-state index is 0.0196. The van der Waals surface area contributed by atoms with Gasteiger partial charge in [0, 0.05) is 23.7 Å². The molecule has 0 saturated carbocycles. The van der Waals surface area contributed by atoms with Gasteiger partial charge in [0.1, 0.15) is 0 Å². The fourth-order valence-corrected chi connectivity index (χ4v) is 0.975. The van der Waals surface area contributed by atoms with Crippen LogP contribution in [0.5, 0.6) is 0 Å². The molecule has 0 spiro atoms. The largest absolute Gasteiger partial charge is 0.398 e. The SMILES string of the molecule is CC.CC(=O)c1cc(C)ccc1N.N=CC=N. The molecule has 4 N–H and O–H groups in total. The van der Waals surface area contributed by atoms with E-state index in [0.29, 0.717) is 11.3 Å². The van der Waals surface area contributed by atoms with Crippen molar-refractivity contribution in [2.24, 2.45) is 0 Å². The summed E-state index contributed by atoms with van der Waals surface area (Å²) in [7, 11) is 0. The third kappa shape index (κ3) is 7.90. The number of nitrogens with one attached hydrogen (secondary N) is 2. The molecule has 94 valence electrons. The number of Topliss-reactive ketones (excluding diaryl/α,β-unsaturated/α-hetero) is 1. The summed E-state index contributed by atoms with van der Waals surface area (Å²) < 4.78 is 0. The Kier molecular flexibility index (Phi) is 10.8. The van der Waals surface area contributed by atoms with E-state index in [9.17, 15) is 4.79 Å². The highest BCUT2D eigenvalue weighted by Crippen LogP contribution is 2.13. The van der Waals surface area contributed by atoms with Crippen LogP contribution in [0.25, 0.3) is 0 Å². The van der Waals surface area contributed by atoms with E-state index >= 15 is 0 Å². The van der Waals surface area contributed by atoms with E-state index in [-0.39, 0.29) is 5.78 Å². The summed E-state index contributed by atoms with van der Waals surface area (Å²) in [6.45, 7) is 7.46. The maximum absolute atomic E-state index is 10.9. The molecule has 0 aliphatic rings. The van der Waals surface area contributed by atoms with Crippen molar-refractivity contribution in [1.82, 2.24) is 0 Å². The lowest BCUT2D eigenvalue weighted by atomic mass is 10.1. The van der Waals surface area contributed by atoms with Crippen LogP contribution in [-0.4, -0.2) is 18.2 Å². The van der Waals surface area contributed by atoms with Crippen molar-refractivity contribution >= 4 is 23.9 Å². The van der Waals surface area contributed by atoms with E-state index in [2.05, 4.69) is 0 Å². The van der Waals surface area contributed by atoms with Crippen LogP contribution < -0.4 is 5.73 Å². The van der Waals surface area contributed by atoms with E-state index in [4.69, 9.17) is 16.6 Å². The Balaban J connectivity index is 0. The summed E-state index contributed by atoms with van der Waals surface area (Å²) in [6, 6.07) is 5.45. The minimum atomic E-state index is 0.0196. The highest BCUT2D eigenvalue weighted by atomic mass is 16.1. The Morgan fingerprint density at radius 2 is 1.71 bits per heavy atom. The molecule has 0 bridgehead atoms. The summed E-state index contributed by atoms with van der Waals surface area (Å²) in [5.74, 6) is 0.0196. The summed E-state index contributed by atoms with van der Waals surface area (Å²) in [4.78, 5) is 10.9. The van der Waals surface area contributed by atoms with Crippen LogP contribution in [-0.2, 0) is 0 Å². The quantitative estimate of drug-likeness (QED) is 0.417. The molecule has 0 aliphatic heterocycles. The van der Waals surface area contributed by atoms with Crippen molar-refractivity contribution < 1.29 is 4.79 Å². The van der Waals surface area contributed by atoms with Gasteiger partial charge in [0.05, 0.1) is 0 Å². The molecule has 0 heterocycles. The molecule has 0 atom stereocenters. The van der Waals surface area contributed by atoms with E-state index in [1.54, 1.807) is 12.1 Å². The number of hydrogen-bond donors (Lipinski definition) is 3. The lowest BCUT2D eigenvalue weighted by Crippen LogP contribution is -1.99. The summed E-state index contributed by atoms with van der Waals surface area (Å²) in [5.41, 5.74) is 7.80. The molecule has 0 saturated heterocycles. The zero-order valence-corrected chi connectivity index (χ0v) is 10.9. The number of carbonyl (C=O) groups is 1. The number of nitrogen functional groups attached to an aromatic ring is 1. The number of rotatable bonds is 2. The van der Waals surface area contributed by atoms with Gasteiger partial charge in [0.15, 0.2) is 5.78 Å². The zero-order valence-electron chi connectivity index (χ0n) is 10.9. The Labute approximate surface area is 103 Å². The van der Waals surface area contributed by atoms with Crippen molar-refractivity contribution in [3.05, 3.63) is 29.3 Å². The van der Waals surface area contributed by atoms with Gasteiger partial charge in [-0.15, -0.1) is 0 Å². The fraction of sp³-hybridized carbons (Fsp3) is 0.308. The standard InChI is InChI=1S/C9H11NO.C2H4N2.C2H6/c1-6-3-4-9(10)8(5-6)7(2)11;3-1-2-4;1-2/h3-5H,10H2,1-2H3;1-4H;1-2H3. The molecule has 1 aromatic rings. The maximum Gasteiger partial charge on any atom is 0.161 e. The Morgan fingerprint density at radius 1 is 1.24 bits per heavy atom. The van der Waals surface area contributed by atoms with Gasteiger partial charge >= 0.3 is 0 Å². The van der Waals surface area contributed by atoms with Crippen LogP contribution in [0.4, 0.5) is 5.69 Å². The summed E-state index contributed by atoms with van der Waals surface area (Å²) in [6.07, 6.45) is 1.83. The first kappa shape index (κ1) is 17.4. The van der Waals surface area contributed by atoms with E-state index < -0.39 is 0 Å². The third-order valence-corrected chi connectivity index (χ3v) is 1.67. The van der Waals surface area contributed by atoms with Crippen LogP contribution in [0, 0.1) is 17.7 Å². The highest BCUT2D eigenvalue weighted by Gasteiger charge is 2.02. The molecule has 1 rings (SSSR count). The average Bonchev–Trinajstić information content (AvgIpc) is 2.35. The molecule has 1 aromatic carbocycles. The molecule has 0 aliphatic carbocycles. The smallest absolute Gasteiger partial charge is 0.161 e. The topological polar surface area (TPSA) is 90.8 Å². The second-order valence-electron chi connectivity index (χ2n) is 2.98. The van der Waals surface area contributed by atoms with Crippen LogP contribution >= 0.6 is 0 Å². The first-order valence-electron chi connectivity index (χ1n) is 5.39. The van der Waals surface area contributed by atoms with Crippen molar-refractivity contribution in [3.8, 4) is 0 Å². The Morgan fingerprint density at radius 3 is 2.00 bits per heavy atom. The van der Waals surface area contributed by atoms with Gasteiger partial charge in [0.25, 0.3) is 0 Å². The Hall–Kier alpha value is -1.97. The first-order chi connectivity index (χ1) is 8.02. The molecule has 0 radical (unpaired) electrons. The van der Waals surface area contributed by atoms with Gasteiger partial charge in [-0.3, -0.25) is 4.79 Å². The molecule has 0 unspecified atom stereocenters. The number of nitrogens with two attached hydrogens (primary N) is 1. The van der Waals surface area contributed by atoms with Gasteiger partial charge in [0.2, 0.25) is 0 Å². The second kappa shape index (κ2) is 10.5. The molecule has 0 amide bonds. The molecular weight excluding hydrogens is 214 g/mol. The van der Waals surface area contributed by atoms with E-state index in [0.717, 1.165) is 18.0 Å². The second-order valence-corrected chi connectivity index (χ2v) is 2.98. The van der Waals surface area contributed by atoms with Crippen molar-refractivity contribution in [1.29, 1.82) is 10.8 Å². The number of anilines is 1. The predicted molar refractivity (Wildman–Crippen MR) is 74.5 cm³/mol. The zero-order chi connectivity index (χ0) is 13.8. The van der Waals surface area contributed by atoms with Crippen molar-refractivity contribution in [2.75, 3.05) is 5.73 Å². The molecule has 0 fully saturated rings. The molecule has 4 nitrogen and oxygen atoms in total. The fourth-order valence-electron chi connectivity index (χ4n) is 0.975. The number of carbonyl (C=O) groups excluding carboxylic acids is 1. The number of benzene rings is 1. The van der Waals surface area contributed by atoms with Crippen LogP contribution in [0.15, 0.2) is 18.2 Å². The van der Waals surface area contributed by atoms with E-state index in [1.807, 2.05) is 26.8 Å². The van der Waals surface area contributed by atoms with Crippen LogP contribution in [0.3, 0.4) is 0 Å². The van der Waals surface area contributed by atoms with Gasteiger partial charge in [-0.25, -0.2) is 0 Å². The molecular formula is C13H21N3O. The van der Waals surface area contributed by atoms with Gasteiger partial charge in [-0.1, -0.05) is 25.5 Å². The van der Waals surface area contributed by atoms with E-state index in [1.165, 1.54) is 6.92 Å². The Bertz CT molecular complexity index is 367. The molecule has 17 heavy (non-hydrogen) atoms. The van der Waals surface area contributed by atoms with Crippen molar-refractivity contribution in [2.45, 2.75) is 27.7 Å². The molecule has 4 heteroatoms. The maximum atomic E-state index is 10.9. The summed E-state index contributed by atoms with van der Waals surface area (Å²) >= 11 is 0. The van der Waals surface area contributed by atoms with Crippen molar-refractivity contribution in [3.63, 3.8) is 0 Å². The van der Waals surface area contributed by atoms with Gasteiger partial charge < -0.3 is 16.6 Å². The number of ketones is 1. The number of hydrogen-bond acceptors (Lipinski definition) is 4. The summed E-state index contributed by atoms with van der Waals surface area (Å²) in [5, 5.41) is 12.2. The molecule has 0 aromatic heterocycles. The highest BCUT2D eigenvalue weighted by molar-refractivity contribution is 6.12. The normalized spacial score (nSPS) is 7.76. The minimum Gasteiger partial charge on any atom is -0.398 e.